The Balaban J connectivity index is 2.79. The summed E-state index contributed by atoms with van der Waals surface area (Å²) >= 11 is 0. The molecule has 2 rings (SSSR count). The number of hydrogen-bond acceptors (Lipinski definition) is 3. The standard InChI is InChI=1S/C28H33FN2O2/c1-8-9-10-23(19(2)3)25(24-13-12-22(29)17-28(24)33-7)15-21-11-14-27(26(16-21)30-6)31(18-32)20(4)5/h8-18,20,30H,1H2,2-7H3/b10-9-,25-15+. The molecule has 0 saturated carbocycles. The largest absolute Gasteiger partial charge is 0.496 e. The first kappa shape index (κ1) is 25.7. The van der Waals surface area contributed by atoms with Crippen molar-refractivity contribution in [1.82, 2.24) is 0 Å². The fraction of sp³-hybridized carbons (Fsp3) is 0.250. The molecule has 2 aromatic carbocycles. The number of rotatable bonds is 10. The van der Waals surface area contributed by atoms with Crippen LogP contribution < -0.4 is 15.0 Å². The quantitative estimate of drug-likeness (QED) is 0.245. The SMILES string of the molecule is C=C/C=C\C(=C(C)C)/C(=C\c1ccc(N(C=O)C(C)C)c(NC)c1)c1ccc(F)cc1OC. The summed E-state index contributed by atoms with van der Waals surface area (Å²) in [4.78, 5) is 13.3. The number of ether oxygens (including phenoxy) is 1. The van der Waals surface area contributed by atoms with Crippen LogP contribution in [0.25, 0.3) is 11.6 Å². The van der Waals surface area contributed by atoms with Gasteiger partial charge in [-0.2, -0.15) is 0 Å². The Labute approximate surface area is 196 Å². The molecule has 1 N–H and O–H groups in total. The zero-order valence-corrected chi connectivity index (χ0v) is 20.3. The van der Waals surface area contributed by atoms with Gasteiger partial charge in [0.25, 0.3) is 0 Å². The lowest BCUT2D eigenvalue weighted by Crippen LogP contribution is -2.29. The Kier molecular flexibility index (Phi) is 9.22. The van der Waals surface area contributed by atoms with Crippen molar-refractivity contribution >= 4 is 29.4 Å². The fourth-order valence-electron chi connectivity index (χ4n) is 3.57. The lowest BCUT2D eigenvalue weighted by atomic mass is 9.91. The molecule has 0 unspecified atom stereocenters. The number of amides is 1. The van der Waals surface area contributed by atoms with Crippen LogP contribution in [0.2, 0.25) is 0 Å². The normalized spacial score (nSPS) is 11.5. The molecule has 0 saturated heterocycles. The third-order valence-corrected chi connectivity index (χ3v) is 5.23. The highest BCUT2D eigenvalue weighted by Crippen LogP contribution is 2.37. The zero-order valence-electron chi connectivity index (χ0n) is 20.3. The molecule has 2 aromatic rings. The van der Waals surface area contributed by atoms with Crippen molar-refractivity contribution in [3.8, 4) is 5.75 Å². The van der Waals surface area contributed by atoms with Gasteiger partial charge < -0.3 is 15.0 Å². The minimum absolute atomic E-state index is 0.0244. The molecular weight excluding hydrogens is 415 g/mol. The second-order valence-electron chi connectivity index (χ2n) is 8.04. The van der Waals surface area contributed by atoms with Gasteiger partial charge in [0, 0.05) is 24.7 Å². The van der Waals surface area contributed by atoms with Gasteiger partial charge in [0.15, 0.2) is 0 Å². The van der Waals surface area contributed by atoms with Crippen molar-refractivity contribution in [1.29, 1.82) is 0 Å². The molecule has 0 atom stereocenters. The number of nitrogens with zero attached hydrogens (tertiary/aromatic N) is 1. The molecule has 0 aliphatic heterocycles. The molecule has 0 heterocycles. The van der Waals surface area contributed by atoms with E-state index in [9.17, 15) is 9.18 Å². The van der Waals surface area contributed by atoms with Gasteiger partial charge >= 0.3 is 0 Å². The molecule has 174 valence electrons. The smallest absolute Gasteiger partial charge is 0.214 e. The van der Waals surface area contributed by atoms with Gasteiger partial charge in [-0.05, 0) is 74.7 Å². The van der Waals surface area contributed by atoms with Gasteiger partial charge in [-0.3, -0.25) is 4.79 Å². The molecule has 0 spiro atoms. The highest BCUT2D eigenvalue weighted by Gasteiger charge is 2.16. The first-order chi connectivity index (χ1) is 15.8. The number of allylic oxidation sites excluding steroid dienone is 6. The first-order valence-electron chi connectivity index (χ1n) is 10.8. The minimum Gasteiger partial charge on any atom is -0.496 e. The highest BCUT2D eigenvalue weighted by atomic mass is 19.1. The van der Waals surface area contributed by atoms with Crippen LogP contribution in [0.1, 0.15) is 38.8 Å². The summed E-state index contributed by atoms with van der Waals surface area (Å²) in [5.74, 6) is 0.0872. The second kappa shape index (κ2) is 11.9. The number of anilines is 2. The van der Waals surface area contributed by atoms with Crippen LogP contribution in [0.15, 0.2) is 72.4 Å². The molecular formula is C28H33FN2O2. The number of hydrogen-bond donors (Lipinski definition) is 1. The average Bonchev–Trinajstić information content (AvgIpc) is 2.79. The topological polar surface area (TPSA) is 41.6 Å². The monoisotopic (exact) mass is 448 g/mol. The molecule has 1 amide bonds. The highest BCUT2D eigenvalue weighted by molar-refractivity contribution is 5.96. The van der Waals surface area contributed by atoms with E-state index in [-0.39, 0.29) is 11.9 Å². The molecule has 0 aliphatic carbocycles. The predicted octanol–water partition coefficient (Wildman–Crippen LogP) is 6.87. The van der Waals surface area contributed by atoms with Crippen molar-refractivity contribution in [3.05, 3.63) is 89.3 Å². The number of methoxy groups -OCH3 is 1. The summed E-state index contributed by atoms with van der Waals surface area (Å²) in [6, 6.07) is 10.4. The van der Waals surface area contributed by atoms with Gasteiger partial charge in [0.2, 0.25) is 6.41 Å². The Morgan fingerprint density at radius 3 is 2.45 bits per heavy atom. The van der Waals surface area contributed by atoms with Gasteiger partial charge in [-0.25, -0.2) is 4.39 Å². The minimum atomic E-state index is -0.361. The summed E-state index contributed by atoms with van der Waals surface area (Å²) in [6.45, 7) is 11.8. The van der Waals surface area contributed by atoms with E-state index in [1.165, 1.54) is 19.2 Å². The van der Waals surface area contributed by atoms with E-state index in [0.717, 1.165) is 45.6 Å². The summed E-state index contributed by atoms with van der Waals surface area (Å²) in [5.41, 5.74) is 6.27. The summed E-state index contributed by atoms with van der Waals surface area (Å²) in [7, 11) is 3.36. The Hall–Kier alpha value is -3.60. The lowest BCUT2D eigenvalue weighted by Gasteiger charge is -2.25. The molecule has 0 fully saturated rings. The number of halogens is 1. The fourth-order valence-corrected chi connectivity index (χ4v) is 3.57. The number of carbonyl (C=O) groups excluding carboxylic acids is 1. The van der Waals surface area contributed by atoms with Crippen LogP contribution in [0, 0.1) is 5.82 Å². The molecule has 33 heavy (non-hydrogen) atoms. The van der Waals surface area contributed by atoms with Crippen LogP contribution in [0.4, 0.5) is 15.8 Å². The van der Waals surface area contributed by atoms with Crippen molar-refractivity contribution in [3.63, 3.8) is 0 Å². The summed E-state index contributed by atoms with van der Waals surface area (Å²) in [5, 5.41) is 3.19. The van der Waals surface area contributed by atoms with Crippen LogP contribution >= 0.6 is 0 Å². The van der Waals surface area contributed by atoms with E-state index in [1.54, 1.807) is 17.0 Å². The van der Waals surface area contributed by atoms with E-state index < -0.39 is 0 Å². The lowest BCUT2D eigenvalue weighted by molar-refractivity contribution is -0.107. The molecule has 0 aliphatic rings. The number of carbonyl (C=O) groups is 1. The molecule has 0 radical (unpaired) electrons. The molecule has 0 bridgehead atoms. The van der Waals surface area contributed by atoms with Crippen LogP contribution in [-0.2, 0) is 4.79 Å². The van der Waals surface area contributed by atoms with Gasteiger partial charge in [0.05, 0.1) is 18.5 Å². The predicted molar refractivity (Wildman–Crippen MR) is 138 cm³/mol. The summed E-state index contributed by atoms with van der Waals surface area (Å²) in [6.07, 6.45) is 8.45. The van der Waals surface area contributed by atoms with E-state index in [4.69, 9.17) is 4.74 Å². The second-order valence-corrected chi connectivity index (χ2v) is 8.04. The van der Waals surface area contributed by atoms with Gasteiger partial charge in [0.1, 0.15) is 11.6 Å². The number of benzene rings is 2. The first-order valence-corrected chi connectivity index (χ1v) is 10.8. The third kappa shape index (κ3) is 6.22. The molecule has 0 aromatic heterocycles. The maximum Gasteiger partial charge on any atom is 0.214 e. The van der Waals surface area contributed by atoms with Gasteiger partial charge in [-0.1, -0.05) is 36.4 Å². The summed E-state index contributed by atoms with van der Waals surface area (Å²) < 4.78 is 19.4. The van der Waals surface area contributed by atoms with E-state index >= 15 is 0 Å². The van der Waals surface area contributed by atoms with E-state index in [2.05, 4.69) is 11.9 Å². The van der Waals surface area contributed by atoms with Crippen molar-refractivity contribution in [2.24, 2.45) is 0 Å². The van der Waals surface area contributed by atoms with Crippen LogP contribution in [0.3, 0.4) is 0 Å². The van der Waals surface area contributed by atoms with Crippen LogP contribution in [-0.4, -0.2) is 26.6 Å². The molecule has 5 heteroatoms. The Morgan fingerprint density at radius 2 is 1.91 bits per heavy atom. The van der Waals surface area contributed by atoms with E-state index in [1.807, 2.05) is 71.2 Å². The third-order valence-electron chi connectivity index (χ3n) is 5.23. The average molecular weight is 449 g/mol. The van der Waals surface area contributed by atoms with Crippen molar-refractivity contribution in [2.45, 2.75) is 33.7 Å². The number of nitrogens with one attached hydrogen (secondary N) is 1. The maximum absolute atomic E-state index is 13.9. The van der Waals surface area contributed by atoms with Crippen LogP contribution in [0.5, 0.6) is 5.75 Å². The Morgan fingerprint density at radius 1 is 1.18 bits per heavy atom. The Bertz CT molecular complexity index is 1090. The molecule has 4 nitrogen and oxygen atoms in total. The van der Waals surface area contributed by atoms with Crippen molar-refractivity contribution < 1.29 is 13.9 Å². The van der Waals surface area contributed by atoms with Gasteiger partial charge in [-0.15, -0.1) is 0 Å². The maximum atomic E-state index is 13.9. The zero-order chi connectivity index (χ0) is 24.5. The van der Waals surface area contributed by atoms with E-state index in [0.29, 0.717) is 5.75 Å². The van der Waals surface area contributed by atoms with Crippen molar-refractivity contribution in [2.75, 3.05) is 24.4 Å².